The summed E-state index contributed by atoms with van der Waals surface area (Å²) in [5.41, 5.74) is 4.56. The Morgan fingerprint density at radius 2 is 2.13 bits per heavy atom. The van der Waals surface area contributed by atoms with Crippen molar-refractivity contribution < 1.29 is 4.39 Å². The molecule has 3 N–H and O–H groups in total. The third-order valence-corrected chi connectivity index (χ3v) is 2.38. The molecule has 1 unspecified atom stereocenters. The zero-order valence-electron chi connectivity index (χ0n) is 8.72. The molecule has 1 rings (SSSR count). The predicted octanol–water partition coefficient (Wildman–Crippen LogP) is 3.06. The van der Waals surface area contributed by atoms with E-state index >= 15 is 0 Å². The molecule has 0 saturated heterocycles. The van der Waals surface area contributed by atoms with E-state index in [1.54, 1.807) is 0 Å². The van der Waals surface area contributed by atoms with Gasteiger partial charge in [-0.25, -0.2) is 9.82 Å². The van der Waals surface area contributed by atoms with E-state index in [4.69, 9.17) is 5.84 Å². The first kappa shape index (κ1) is 12.4. The lowest BCUT2D eigenvalue weighted by molar-refractivity contribution is 0.609. The number of hydrazine groups is 1. The second-order valence-electron chi connectivity index (χ2n) is 3.59. The maximum atomic E-state index is 13.1. The highest BCUT2D eigenvalue weighted by Gasteiger charge is 2.08. The molecule has 1 atom stereocenters. The Kier molecular flexibility index (Phi) is 4.45. The zero-order chi connectivity index (χ0) is 11.4. The van der Waals surface area contributed by atoms with Crippen LogP contribution in [0.1, 0.15) is 25.5 Å². The van der Waals surface area contributed by atoms with Gasteiger partial charge in [0.25, 0.3) is 0 Å². The van der Waals surface area contributed by atoms with Gasteiger partial charge in [-0.2, -0.15) is 0 Å². The maximum Gasteiger partial charge on any atom is 0.124 e. The fourth-order valence-electron chi connectivity index (χ4n) is 1.33. The molecule has 0 aliphatic rings. The van der Waals surface area contributed by atoms with Crippen molar-refractivity contribution >= 4 is 15.9 Å². The molecule has 1 aromatic carbocycles. The quantitative estimate of drug-likeness (QED) is 0.504. The van der Waals surface area contributed by atoms with Crippen molar-refractivity contribution in [2.24, 2.45) is 5.84 Å². The van der Waals surface area contributed by atoms with Gasteiger partial charge in [0.2, 0.25) is 0 Å². The SMILES string of the molecule is CC(C)=CC(NN)c1cc(F)cc(Br)c1. The van der Waals surface area contributed by atoms with Crippen molar-refractivity contribution in [1.29, 1.82) is 0 Å². The van der Waals surface area contributed by atoms with E-state index < -0.39 is 0 Å². The second-order valence-corrected chi connectivity index (χ2v) is 4.51. The van der Waals surface area contributed by atoms with Gasteiger partial charge in [-0.05, 0) is 37.6 Å². The fraction of sp³-hybridized carbons (Fsp3) is 0.273. The highest BCUT2D eigenvalue weighted by molar-refractivity contribution is 9.10. The number of rotatable bonds is 3. The summed E-state index contributed by atoms with van der Waals surface area (Å²) < 4.78 is 13.9. The molecule has 0 aliphatic carbocycles. The topological polar surface area (TPSA) is 38.0 Å². The third-order valence-electron chi connectivity index (χ3n) is 1.92. The molecule has 0 radical (unpaired) electrons. The monoisotopic (exact) mass is 272 g/mol. The van der Waals surface area contributed by atoms with Gasteiger partial charge in [-0.15, -0.1) is 0 Å². The van der Waals surface area contributed by atoms with Crippen LogP contribution in [-0.4, -0.2) is 0 Å². The molecule has 0 aromatic heterocycles. The number of halogens is 2. The molecule has 15 heavy (non-hydrogen) atoms. The Morgan fingerprint density at radius 3 is 2.60 bits per heavy atom. The van der Waals surface area contributed by atoms with Crippen molar-refractivity contribution in [3.05, 3.63) is 45.7 Å². The minimum absolute atomic E-state index is 0.165. The first-order chi connectivity index (χ1) is 7.02. The lowest BCUT2D eigenvalue weighted by atomic mass is 10.1. The summed E-state index contributed by atoms with van der Waals surface area (Å²) in [6, 6.07) is 4.56. The molecule has 0 amide bonds. The molecule has 2 nitrogen and oxygen atoms in total. The number of hydrogen-bond acceptors (Lipinski definition) is 2. The van der Waals surface area contributed by atoms with E-state index in [0.29, 0.717) is 4.47 Å². The van der Waals surface area contributed by atoms with Gasteiger partial charge < -0.3 is 0 Å². The standard InChI is InChI=1S/C11H14BrFN2/c1-7(2)3-11(15-14)8-4-9(12)6-10(13)5-8/h3-6,11,15H,14H2,1-2H3. The molecule has 0 bridgehead atoms. The zero-order valence-corrected chi connectivity index (χ0v) is 10.3. The highest BCUT2D eigenvalue weighted by Crippen LogP contribution is 2.21. The van der Waals surface area contributed by atoms with E-state index in [2.05, 4.69) is 21.4 Å². The Hall–Kier alpha value is -0.710. The number of nitrogens with one attached hydrogen (secondary N) is 1. The smallest absolute Gasteiger partial charge is 0.124 e. The average Bonchev–Trinajstić information content (AvgIpc) is 2.12. The minimum Gasteiger partial charge on any atom is -0.271 e. The first-order valence-corrected chi connectivity index (χ1v) is 5.39. The van der Waals surface area contributed by atoms with Crippen molar-refractivity contribution in [2.45, 2.75) is 19.9 Å². The molecule has 0 aliphatic heterocycles. The van der Waals surface area contributed by atoms with E-state index in [1.165, 1.54) is 12.1 Å². The van der Waals surface area contributed by atoms with Gasteiger partial charge in [0.05, 0.1) is 6.04 Å². The van der Waals surface area contributed by atoms with Crippen molar-refractivity contribution in [3.8, 4) is 0 Å². The lowest BCUT2D eigenvalue weighted by Gasteiger charge is -2.13. The van der Waals surface area contributed by atoms with Crippen LogP contribution >= 0.6 is 15.9 Å². The molecule has 0 spiro atoms. The van der Waals surface area contributed by atoms with Crippen LogP contribution in [0.4, 0.5) is 4.39 Å². The minimum atomic E-state index is -0.276. The van der Waals surface area contributed by atoms with Crippen LogP contribution in [0.2, 0.25) is 0 Å². The summed E-state index contributed by atoms with van der Waals surface area (Å²) in [6.45, 7) is 3.94. The second kappa shape index (κ2) is 5.39. The maximum absolute atomic E-state index is 13.1. The van der Waals surface area contributed by atoms with Crippen LogP contribution in [-0.2, 0) is 0 Å². The molecule has 0 heterocycles. The Bertz CT molecular complexity index is 353. The summed E-state index contributed by atoms with van der Waals surface area (Å²) >= 11 is 3.25. The Balaban J connectivity index is 3.07. The average molecular weight is 273 g/mol. The molecular formula is C11H14BrFN2. The molecular weight excluding hydrogens is 259 g/mol. The molecule has 82 valence electrons. The third kappa shape index (κ3) is 3.74. The number of nitrogens with two attached hydrogens (primary N) is 1. The number of allylic oxidation sites excluding steroid dienone is 1. The van der Waals surface area contributed by atoms with E-state index in [0.717, 1.165) is 11.1 Å². The summed E-state index contributed by atoms with van der Waals surface area (Å²) in [5, 5.41) is 0. The Labute approximate surface area is 97.5 Å². The van der Waals surface area contributed by atoms with Crippen molar-refractivity contribution in [1.82, 2.24) is 5.43 Å². The summed E-state index contributed by atoms with van der Waals surface area (Å²) in [4.78, 5) is 0. The molecule has 0 fully saturated rings. The Morgan fingerprint density at radius 1 is 1.47 bits per heavy atom. The van der Waals surface area contributed by atoms with Gasteiger partial charge in [-0.1, -0.05) is 27.6 Å². The van der Waals surface area contributed by atoms with E-state index in [-0.39, 0.29) is 11.9 Å². The summed E-state index contributed by atoms with van der Waals surface area (Å²) in [5.74, 6) is 5.14. The van der Waals surface area contributed by atoms with Crippen LogP contribution < -0.4 is 11.3 Å². The van der Waals surface area contributed by atoms with E-state index in [9.17, 15) is 4.39 Å². The fourth-order valence-corrected chi connectivity index (χ4v) is 1.81. The van der Waals surface area contributed by atoms with Gasteiger partial charge in [0.1, 0.15) is 5.82 Å². The van der Waals surface area contributed by atoms with Gasteiger partial charge in [-0.3, -0.25) is 5.84 Å². The van der Waals surface area contributed by atoms with Gasteiger partial charge in [0, 0.05) is 4.47 Å². The van der Waals surface area contributed by atoms with Crippen molar-refractivity contribution in [3.63, 3.8) is 0 Å². The van der Waals surface area contributed by atoms with Gasteiger partial charge in [0.15, 0.2) is 0 Å². The van der Waals surface area contributed by atoms with E-state index in [1.807, 2.05) is 26.0 Å². The van der Waals surface area contributed by atoms with Crippen LogP contribution in [0.3, 0.4) is 0 Å². The van der Waals surface area contributed by atoms with Crippen LogP contribution in [0.5, 0.6) is 0 Å². The normalized spacial score (nSPS) is 12.3. The highest BCUT2D eigenvalue weighted by atomic mass is 79.9. The number of hydrogen-bond donors (Lipinski definition) is 2. The van der Waals surface area contributed by atoms with Gasteiger partial charge >= 0.3 is 0 Å². The molecule has 4 heteroatoms. The van der Waals surface area contributed by atoms with Crippen LogP contribution in [0.15, 0.2) is 34.3 Å². The summed E-state index contributed by atoms with van der Waals surface area (Å²) in [7, 11) is 0. The summed E-state index contributed by atoms with van der Waals surface area (Å²) in [6.07, 6.45) is 1.95. The number of benzene rings is 1. The van der Waals surface area contributed by atoms with Crippen LogP contribution in [0, 0.1) is 5.82 Å². The largest absolute Gasteiger partial charge is 0.271 e. The first-order valence-electron chi connectivity index (χ1n) is 4.60. The van der Waals surface area contributed by atoms with Crippen LogP contribution in [0.25, 0.3) is 0 Å². The lowest BCUT2D eigenvalue weighted by Crippen LogP contribution is -2.26. The predicted molar refractivity (Wildman–Crippen MR) is 63.6 cm³/mol. The van der Waals surface area contributed by atoms with Crippen molar-refractivity contribution in [2.75, 3.05) is 0 Å². The molecule has 1 aromatic rings. The molecule has 0 saturated carbocycles.